The maximum Gasteiger partial charge on any atom is 0.234 e. The van der Waals surface area contributed by atoms with Gasteiger partial charge in [0.15, 0.2) is 15.6 Å². The van der Waals surface area contributed by atoms with Crippen LogP contribution in [0.25, 0.3) is 11.6 Å². The molecule has 3 rings (SSSR count). The van der Waals surface area contributed by atoms with Gasteiger partial charge in [-0.3, -0.25) is 9.36 Å². The first kappa shape index (κ1) is 19.4. The Kier molecular flexibility index (Phi) is 6.18. The van der Waals surface area contributed by atoms with Crippen LogP contribution in [-0.4, -0.2) is 26.4 Å². The average molecular weight is 447 g/mol. The van der Waals surface area contributed by atoms with Gasteiger partial charge in [-0.25, -0.2) is 0 Å². The van der Waals surface area contributed by atoms with Crippen LogP contribution in [-0.2, 0) is 11.3 Å². The van der Waals surface area contributed by atoms with Crippen molar-refractivity contribution in [3.05, 3.63) is 58.8 Å². The molecule has 1 aromatic carbocycles. The van der Waals surface area contributed by atoms with Crippen molar-refractivity contribution in [1.29, 1.82) is 0 Å². The van der Waals surface area contributed by atoms with E-state index in [0.29, 0.717) is 28.0 Å². The van der Waals surface area contributed by atoms with E-state index in [4.69, 9.17) is 4.42 Å². The number of allylic oxidation sites excluding steroid dienone is 1. The Morgan fingerprint density at radius 2 is 2.15 bits per heavy atom. The van der Waals surface area contributed by atoms with Crippen LogP contribution < -0.4 is 5.32 Å². The summed E-state index contributed by atoms with van der Waals surface area (Å²) in [6.07, 6.45) is 1.76. The highest BCUT2D eigenvalue weighted by atomic mass is 79.9. The highest BCUT2D eigenvalue weighted by molar-refractivity contribution is 9.10. The van der Waals surface area contributed by atoms with Gasteiger partial charge in [0.25, 0.3) is 0 Å². The van der Waals surface area contributed by atoms with Crippen molar-refractivity contribution in [2.45, 2.75) is 25.5 Å². The molecule has 0 bridgehead atoms. The minimum absolute atomic E-state index is 0.0934. The number of nitrogens with one attached hydrogen (secondary N) is 1. The van der Waals surface area contributed by atoms with E-state index in [1.54, 1.807) is 12.1 Å². The largest absolute Gasteiger partial charge is 0.446 e. The molecule has 2 aromatic heterocycles. The number of benzene rings is 1. The SMILES string of the molecule is C=CCn1c(SCC(=O)Nc2cc(C)ccc2C)nnc1-c1ccc(Br)o1. The van der Waals surface area contributed by atoms with Gasteiger partial charge in [-0.15, -0.1) is 16.8 Å². The summed E-state index contributed by atoms with van der Waals surface area (Å²) < 4.78 is 8.06. The molecule has 0 radical (unpaired) electrons. The number of aromatic nitrogens is 3. The lowest BCUT2D eigenvalue weighted by Crippen LogP contribution is -2.15. The van der Waals surface area contributed by atoms with E-state index in [-0.39, 0.29) is 11.7 Å². The summed E-state index contributed by atoms with van der Waals surface area (Å²) >= 11 is 4.61. The van der Waals surface area contributed by atoms with Gasteiger partial charge in [-0.1, -0.05) is 30.0 Å². The van der Waals surface area contributed by atoms with Crippen LogP contribution in [0.1, 0.15) is 11.1 Å². The van der Waals surface area contributed by atoms with Crippen LogP contribution in [0.5, 0.6) is 0 Å². The number of hydrogen-bond donors (Lipinski definition) is 1. The van der Waals surface area contributed by atoms with Crippen molar-refractivity contribution in [1.82, 2.24) is 14.8 Å². The Morgan fingerprint density at radius 3 is 2.85 bits per heavy atom. The minimum atomic E-state index is -0.0934. The Morgan fingerprint density at radius 1 is 1.33 bits per heavy atom. The van der Waals surface area contributed by atoms with Crippen molar-refractivity contribution in [3.8, 4) is 11.6 Å². The lowest BCUT2D eigenvalue weighted by molar-refractivity contribution is -0.113. The molecule has 0 spiro atoms. The number of nitrogens with zero attached hydrogens (tertiary/aromatic N) is 3. The molecule has 0 fully saturated rings. The van der Waals surface area contributed by atoms with Gasteiger partial charge in [-0.2, -0.15) is 0 Å². The zero-order valence-electron chi connectivity index (χ0n) is 15.0. The lowest BCUT2D eigenvalue weighted by Gasteiger charge is -2.09. The van der Waals surface area contributed by atoms with E-state index in [9.17, 15) is 4.79 Å². The number of amides is 1. The lowest BCUT2D eigenvalue weighted by atomic mass is 10.1. The average Bonchev–Trinajstić information content (AvgIpc) is 3.23. The third kappa shape index (κ3) is 4.70. The molecular weight excluding hydrogens is 428 g/mol. The number of thioether (sulfide) groups is 1. The smallest absolute Gasteiger partial charge is 0.234 e. The second kappa shape index (κ2) is 8.58. The van der Waals surface area contributed by atoms with E-state index in [0.717, 1.165) is 16.8 Å². The molecule has 0 aliphatic heterocycles. The topological polar surface area (TPSA) is 73.0 Å². The maximum atomic E-state index is 12.4. The van der Waals surface area contributed by atoms with Gasteiger partial charge in [0.2, 0.25) is 11.7 Å². The normalized spacial score (nSPS) is 10.8. The molecule has 0 saturated heterocycles. The van der Waals surface area contributed by atoms with E-state index in [1.807, 2.05) is 42.7 Å². The highest BCUT2D eigenvalue weighted by Crippen LogP contribution is 2.27. The van der Waals surface area contributed by atoms with Crippen molar-refractivity contribution in [2.75, 3.05) is 11.1 Å². The number of furan rings is 1. The Bertz CT molecular complexity index is 980. The van der Waals surface area contributed by atoms with Crippen LogP contribution in [0.3, 0.4) is 0 Å². The van der Waals surface area contributed by atoms with Gasteiger partial charge in [0.1, 0.15) is 0 Å². The molecule has 1 N–H and O–H groups in total. The monoisotopic (exact) mass is 446 g/mol. The van der Waals surface area contributed by atoms with Crippen LogP contribution in [0, 0.1) is 13.8 Å². The first-order chi connectivity index (χ1) is 13.0. The highest BCUT2D eigenvalue weighted by Gasteiger charge is 2.17. The van der Waals surface area contributed by atoms with Gasteiger partial charge < -0.3 is 9.73 Å². The predicted octanol–water partition coefficient (Wildman–Crippen LogP) is 4.83. The number of anilines is 1. The van der Waals surface area contributed by atoms with E-state index >= 15 is 0 Å². The van der Waals surface area contributed by atoms with Crippen LogP contribution in [0.15, 0.2) is 57.2 Å². The van der Waals surface area contributed by atoms with E-state index in [1.165, 1.54) is 11.8 Å². The Hall–Kier alpha value is -2.32. The molecule has 0 aliphatic rings. The number of rotatable bonds is 7. The standard InChI is InChI=1S/C19H19BrN4O2S/c1-4-9-24-18(15-7-8-16(20)26-15)22-23-19(24)27-11-17(25)21-14-10-12(2)5-6-13(14)3/h4-8,10H,1,9,11H2,2-3H3,(H,21,25). The number of halogens is 1. The summed E-state index contributed by atoms with van der Waals surface area (Å²) in [5.74, 6) is 1.33. The summed E-state index contributed by atoms with van der Waals surface area (Å²) in [6, 6.07) is 9.59. The third-order valence-corrected chi connectivity index (χ3v) is 5.21. The zero-order valence-corrected chi connectivity index (χ0v) is 17.4. The van der Waals surface area contributed by atoms with E-state index in [2.05, 4.69) is 38.0 Å². The third-order valence-electron chi connectivity index (χ3n) is 3.82. The second-order valence-electron chi connectivity index (χ2n) is 5.96. The van der Waals surface area contributed by atoms with Crippen molar-refractivity contribution < 1.29 is 9.21 Å². The fraction of sp³-hybridized carbons (Fsp3) is 0.211. The van der Waals surface area contributed by atoms with Gasteiger partial charge in [0.05, 0.1) is 5.75 Å². The first-order valence-electron chi connectivity index (χ1n) is 8.27. The molecular formula is C19H19BrN4O2S. The second-order valence-corrected chi connectivity index (χ2v) is 7.69. The summed E-state index contributed by atoms with van der Waals surface area (Å²) in [5.41, 5.74) is 2.96. The molecule has 140 valence electrons. The fourth-order valence-electron chi connectivity index (χ4n) is 2.49. The molecule has 0 saturated carbocycles. The van der Waals surface area contributed by atoms with Gasteiger partial charge in [0, 0.05) is 12.2 Å². The summed E-state index contributed by atoms with van der Waals surface area (Å²) in [7, 11) is 0. The maximum absolute atomic E-state index is 12.4. The number of hydrogen-bond acceptors (Lipinski definition) is 5. The zero-order chi connectivity index (χ0) is 19.4. The summed E-state index contributed by atoms with van der Waals surface area (Å²) in [6.45, 7) is 8.26. The van der Waals surface area contributed by atoms with Crippen LogP contribution >= 0.6 is 27.7 Å². The first-order valence-corrected chi connectivity index (χ1v) is 10.1. The van der Waals surface area contributed by atoms with Crippen molar-refractivity contribution >= 4 is 39.3 Å². The molecule has 0 unspecified atom stereocenters. The molecule has 27 heavy (non-hydrogen) atoms. The molecule has 8 heteroatoms. The molecule has 3 aromatic rings. The van der Waals surface area contributed by atoms with E-state index < -0.39 is 0 Å². The van der Waals surface area contributed by atoms with Gasteiger partial charge >= 0.3 is 0 Å². The van der Waals surface area contributed by atoms with Crippen LogP contribution in [0.2, 0.25) is 0 Å². The molecule has 1 amide bonds. The summed E-state index contributed by atoms with van der Waals surface area (Å²) in [4.78, 5) is 12.4. The molecule has 2 heterocycles. The molecule has 0 atom stereocenters. The van der Waals surface area contributed by atoms with Crippen LogP contribution in [0.4, 0.5) is 5.69 Å². The predicted molar refractivity (Wildman–Crippen MR) is 111 cm³/mol. The molecule has 6 nitrogen and oxygen atoms in total. The van der Waals surface area contributed by atoms with Crippen molar-refractivity contribution in [3.63, 3.8) is 0 Å². The minimum Gasteiger partial charge on any atom is -0.446 e. The number of carbonyl (C=O) groups excluding carboxylic acids is 1. The van der Waals surface area contributed by atoms with Crippen molar-refractivity contribution in [2.24, 2.45) is 0 Å². The Labute approximate surface area is 170 Å². The summed E-state index contributed by atoms with van der Waals surface area (Å²) in [5, 5.41) is 12.0. The number of carbonyl (C=O) groups is 1. The van der Waals surface area contributed by atoms with Gasteiger partial charge in [-0.05, 0) is 59.1 Å². The molecule has 0 aliphatic carbocycles. The Balaban J connectivity index is 1.72. The fourth-order valence-corrected chi connectivity index (χ4v) is 3.55. The quantitative estimate of drug-likeness (QED) is 0.415. The number of aryl methyl sites for hydroxylation is 2.